The molecule has 14 atom stereocenters. The minimum atomic E-state index is -1.81. The van der Waals surface area contributed by atoms with Crippen molar-refractivity contribution in [1.29, 1.82) is 0 Å². The molecule has 0 spiro atoms. The number of hydrogen-bond donors (Lipinski definition) is 11. The van der Waals surface area contributed by atoms with E-state index in [0.717, 1.165) is 29.7 Å². The third-order valence-corrected chi connectivity index (χ3v) is 17.2. The Morgan fingerprint density at radius 1 is 0.547 bits per heavy atom. The number of amides is 4. The molecule has 2 fully saturated rings. The van der Waals surface area contributed by atoms with Crippen molar-refractivity contribution >= 4 is 23.6 Å². The van der Waals surface area contributed by atoms with Crippen LogP contribution in [0.2, 0.25) is 0 Å². The Morgan fingerprint density at radius 3 is 1.33 bits per heavy atom. The van der Waals surface area contributed by atoms with E-state index in [9.17, 15) is 49.8 Å². The maximum absolute atomic E-state index is 13.9. The molecule has 23 heteroatoms. The van der Waals surface area contributed by atoms with E-state index in [1.54, 1.807) is 93.8 Å². The molecule has 0 radical (unpaired) electrons. The van der Waals surface area contributed by atoms with Gasteiger partial charge in [-0.1, -0.05) is 97.8 Å². The maximum Gasteiger partial charge on any atom is 0.252 e. The average Bonchev–Trinajstić information content (AvgIpc) is 0.781. The van der Waals surface area contributed by atoms with Crippen LogP contribution in [0.5, 0.6) is 34.5 Å². The highest BCUT2D eigenvalue weighted by Crippen LogP contribution is 2.43. The van der Waals surface area contributed by atoms with E-state index in [1.165, 1.54) is 21.1 Å². The standard InChI is InChI=1S/C43H57N3O14.C29H36N2O4/c1-7-31(43(54,26-10-16-28(55-5)17-11-26)27-12-18-30(19-13-27)58-29-14-8-23(2)9-15-29)40(52)44-20-21-45-41(53)39-38(56-6)35(50)36(51)42(60-39)59-37-33(46-25(4)48)24(3)57-32(22-47)34(37)49;1-4-27(28(32)31-20-6-5-19-30)29(33,22-9-15-24(34-3)16-10-22)23-11-17-26(18-12-23)35-25-13-7-21(2)8-14-25/h8-19,24,31-39,42,47,49-51,54H,7,20-22H2,1-6H3,(H,44,52)(H,45,53)(H,46,48);7-18,27,33H,4-6,19-20,30H2,1-3H3,(H,31,32)/t24-,31?,32-,33?,34+,35?,36?,37?,38-,39+,42+,43?;/m0./s1. The zero-order chi connectivity index (χ0) is 69.0. The van der Waals surface area contributed by atoms with Crippen molar-refractivity contribution in [1.82, 2.24) is 21.3 Å². The van der Waals surface area contributed by atoms with Crippen LogP contribution < -0.4 is 45.9 Å². The predicted octanol–water partition coefficient (Wildman–Crippen LogP) is 5.70. The van der Waals surface area contributed by atoms with Crippen molar-refractivity contribution in [2.24, 2.45) is 17.6 Å². The number of aliphatic hydroxyl groups excluding tert-OH is 4. The summed E-state index contributed by atoms with van der Waals surface area (Å²) in [4.78, 5) is 52.7. The van der Waals surface area contributed by atoms with Gasteiger partial charge in [0.05, 0.1) is 44.8 Å². The lowest BCUT2D eigenvalue weighted by molar-refractivity contribution is -0.325. The third kappa shape index (κ3) is 18.5. The second kappa shape index (κ2) is 35.1. The van der Waals surface area contributed by atoms with Gasteiger partial charge < -0.3 is 95.5 Å². The van der Waals surface area contributed by atoms with Crippen molar-refractivity contribution < 1.29 is 87.7 Å². The molecule has 0 aliphatic carbocycles. The topological polar surface area (TPSA) is 338 Å². The van der Waals surface area contributed by atoms with Crippen LogP contribution in [0.15, 0.2) is 146 Å². The predicted molar refractivity (Wildman–Crippen MR) is 354 cm³/mol. The van der Waals surface area contributed by atoms with Crippen molar-refractivity contribution in [3.8, 4) is 34.5 Å². The first-order valence-corrected chi connectivity index (χ1v) is 32.0. The number of nitrogens with two attached hydrogens (primary N) is 1. The molecule has 4 amide bonds. The average molecular weight is 1320 g/mol. The molecule has 0 bridgehead atoms. The summed E-state index contributed by atoms with van der Waals surface area (Å²) in [6.45, 7) is 10.9. The van der Waals surface area contributed by atoms with E-state index in [4.69, 9.17) is 43.6 Å². The van der Waals surface area contributed by atoms with E-state index in [1.807, 2.05) is 93.6 Å². The smallest absolute Gasteiger partial charge is 0.252 e. The van der Waals surface area contributed by atoms with Gasteiger partial charge >= 0.3 is 0 Å². The molecule has 514 valence electrons. The third-order valence-electron chi connectivity index (χ3n) is 17.2. The highest BCUT2D eigenvalue weighted by Gasteiger charge is 2.53. The molecule has 8 unspecified atom stereocenters. The fourth-order valence-corrected chi connectivity index (χ4v) is 11.9. The molecule has 8 rings (SSSR count). The van der Waals surface area contributed by atoms with Gasteiger partial charge in [0, 0.05) is 33.7 Å². The largest absolute Gasteiger partial charge is 0.497 e. The highest BCUT2D eigenvalue weighted by molar-refractivity contribution is 5.83. The Hall–Kier alpha value is -8.04. The van der Waals surface area contributed by atoms with Crippen LogP contribution in [0, 0.1) is 25.7 Å². The summed E-state index contributed by atoms with van der Waals surface area (Å²) in [5, 5.41) is 78.6. The molecule has 2 aliphatic heterocycles. The Labute approximate surface area is 555 Å². The Kier molecular flexibility index (Phi) is 27.5. The fraction of sp³-hybridized carbons (Fsp3) is 0.444. The molecule has 2 heterocycles. The summed E-state index contributed by atoms with van der Waals surface area (Å²) in [6.07, 6.45) is -10.4. The lowest BCUT2D eigenvalue weighted by Crippen LogP contribution is -2.68. The van der Waals surface area contributed by atoms with Crippen LogP contribution in [-0.2, 0) is 49.3 Å². The molecule has 0 aromatic heterocycles. The minimum absolute atomic E-state index is 0.0777. The Bertz CT molecular complexity index is 3370. The van der Waals surface area contributed by atoms with Crippen LogP contribution in [-0.4, -0.2) is 170 Å². The summed E-state index contributed by atoms with van der Waals surface area (Å²) in [6, 6.07) is 42.5. The number of unbranched alkanes of at least 4 members (excludes halogenated alkanes) is 1. The highest BCUT2D eigenvalue weighted by atomic mass is 16.7. The normalized spacial score (nSPS) is 22.7. The van der Waals surface area contributed by atoms with Crippen molar-refractivity contribution in [3.05, 3.63) is 179 Å². The SMILES string of the molecule is CCC(C(=O)NCCCCN)C(O)(c1ccc(OC)cc1)c1ccc(Oc2ccc(C)cc2)cc1.CCC(C(=O)NCCNC(=O)[C@@H]1O[C@@H](OC2C(NC(C)=O)[C@H](C)O[C@@H](CO)[C@H]2O)C(O)C(O)[C@@H]1OC)C(O)(c1ccc(OC)cc1)c1ccc(Oc2ccc(C)cc2)cc1. The number of benzene rings is 6. The summed E-state index contributed by atoms with van der Waals surface area (Å²) in [7, 11) is 4.34. The lowest BCUT2D eigenvalue weighted by atomic mass is 9.74. The first-order chi connectivity index (χ1) is 45.6. The van der Waals surface area contributed by atoms with E-state index >= 15 is 0 Å². The summed E-state index contributed by atoms with van der Waals surface area (Å²) < 4.78 is 45.3. The Balaban J connectivity index is 0.000000309. The number of carbonyl (C=O) groups excluding carboxylic acids is 4. The van der Waals surface area contributed by atoms with Crippen LogP contribution in [0.4, 0.5) is 0 Å². The van der Waals surface area contributed by atoms with Gasteiger partial charge in [-0.25, -0.2) is 0 Å². The number of aliphatic hydroxyl groups is 6. The second-order valence-corrected chi connectivity index (χ2v) is 23.6. The zero-order valence-electron chi connectivity index (χ0n) is 55.3. The molecular formula is C72H93N5O18. The number of ether oxygens (including phenoxy) is 8. The quantitative estimate of drug-likeness (QED) is 0.0251. The van der Waals surface area contributed by atoms with Gasteiger partial charge in [0.15, 0.2) is 12.4 Å². The second-order valence-electron chi connectivity index (χ2n) is 23.6. The molecule has 0 saturated carbocycles. The zero-order valence-corrected chi connectivity index (χ0v) is 55.3. The van der Waals surface area contributed by atoms with Crippen LogP contribution >= 0.6 is 0 Å². The monoisotopic (exact) mass is 1320 g/mol. The number of nitrogens with one attached hydrogen (secondary N) is 4. The molecule has 6 aromatic carbocycles. The number of rotatable bonds is 29. The lowest BCUT2D eigenvalue weighted by Gasteiger charge is -2.47. The number of methoxy groups -OCH3 is 3. The van der Waals surface area contributed by atoms with Crippen molar-refractivity contribution in [2.75, 3.05) is 54.1 Å². The van der Waals surface area contributed by atoms with E-state index in [-0.39, 0.29) is 25.4 Å². The van der Waals surface area contributed by atoms with Gasteiger partial charge in [-0.2, -0.15) is 0 Å². The Morgan fingerprint density at radius 2 is 0.947 bits per heavy atom. The van der Waals surface area contributed by atoms with Gasteiger partial charge in [-0.15, -0.1) is 0 Å². The summed E-state index contributed by atoms with van der Waals surface area (Å²) in [5.41, 5.74) is 6.59. The number of hydrogen-bond acceptors (Lipinski definition) is 19. The van der Waals surface area contributed by atoms with Gasteiger partial charge in [-0.05, 0) is 148 Å². The van der Waals surface area contributed by atoms with E-state index in [0.29, 0.717) is 70.5 Å². The van der Waals surface area contributed by atoms with Crippen molar-refractivity contribution in [2.45, 2.75) is 140 Å². The van der Waals surface area contributed by atoms with Gasteiger partial charge in [0.25, 0.3) is 5.91 Å². The molecule has 6 aromatic rings. The van der Waals surface area contributed by atoms with E-state index < -0.39 is 109 Å². The van der Waals surface area contributed by atoms with Gasteiger partial charge in [0.2, 0.25) is 17.7 Å². The maximum atomic E-state index is 13.9. The number of carbonyl (C=O) groups is 4. The van der Waals surface area contributed by atoms with Crippen LogP contribution in [0.3, 0.4) is 0 Å². The molecule has 2 saturated heterocycles. The first-order valence-electron chi connectivity index (χ1n) is 32.0. The van der Waals surface area contributed by atoms with Gasteiger partial charge in [-0.3, -0.25) is 19.2 Å². The number of aryl methyl sites for hydroxylation is 2. The molecule has 2 aliphatic rings. The van der Waals surface area contributed by atoms with Gasteiger partial charge in [0.1, 0.15) is 82.3 Å². The molecular weight excluding hydrogens is 1220 g/mol. The summed E-state index contributed by atoms with van der Waals surface area (Å²) in [5.74, 6) is 0.155. The molecule has 23 nitrogen and oxygen atoms in total. The van der Waals surface area contributed by atoms with E-state index in [2.05, 4.69) is 21.3 Å². The first kappa shape index (κ1) is 74.4. The minimum Gasteiger partial charge on any atom is -0.497 e. The summed E-state index contributed by atoms with van der Waals surface area (Å²) >= 11 is 0. The molecule has 12 N–H and O–H groups in total. The van der Waals surface area contributed by atoms with Crippen LogP contribution in [0.25, 0.3) is 0 Å². The van der Waals surface area contributed by atoms with Crippen LogP contribution in [0.1, 0.15) is 86.8 Å². The molecule has 95 heavy (non-hydrogen) atoms. The van der Waals surface area contributed by atoms with Crippen molar-refractivity contribution in [3.63, 3.8) is 0 Å². The fourth-order valence-electron chi connectivity index (χ4n) is 11.9.